The first-order valence-electron chi connectivity index (χ1n) is 12.2. The van der Waals surface area contributed by atoms with Gasteiger partial charge in [-0.25, -0.2) is 4.79 Å². The van der Waals surface area contributed by atoms with Crippen LogP contribution in [0, 0.1) is 0 Å². The second-order valence-electron chi connectivity index (χ2n) is 9.46. The maximum atomic E-state index is 12.8. The lowest BCUT2D eigenvalue weighted by Crippen LogP contribution is -2.73. The topological polar surface area (TPSA) is 79.9 Å². The van der Waals surface area contributed by atoms with Gasteiger partial charge in [-0.1, -0.05) is 30.3 Å². The fraction of sp³-hybridized carbons (Fsp3) is 0.680. The standard InChI is InChI=1S/C25H37N3O4/c1-3-26-24(30)28-15-7-14-25(17-32-18(2)23(29)27-25)22(28)16-31-21-12-10-20(11-13-21)19-8-5-4-6-9-19/h4-6,8-9,18,20-22H,3,7,10-17H2,1-2H3,(H,26,30)(H,27,29)/t18-,20?,21?,22+,25-/m0/s1. The van der Waals surface area contributed by atoms with E-state index in [9.17, 15) is 9.59 Å². The van der Waals surface area contributed by atoms with Crippen molar-refractivity contribution >= 4 is 11.9 Å². The number of morpholine rings is 1. The van der Waals surface area contributed by atoms with Gasteiger partial charge in [-0.05, 0) is 63.9 Å². The molecule has 7 heteroatoms. The number of hydrogen-bond donors (Lipinski definition) is 2. The maximum Gasteiger partial charge on any atom is 0.317 e. The zero-order valence-electron chi connectivity index (χ0n) is 19.3. The van der Waals surface area contributed by atoms with E-state index in [1.54, 1.807) is 6.92 Å². The Morgan fingerprint density at radius 2 is 2.00 bits per heavy atom. The zero-order valence-corrected chi connectivity index (χ0v) is 19.3. The van der Waals surface area contributed by atoms with Crippen LogP contribution in [0.1, 0.15) is 63.9 Å². The van der Waals surface area contributed by atoms with Crippen molar-refractivity contribution in [2.75, 3.05) is 26.3 Å². The van der Waals surface area contributed by atoms with Crippen LogP contribution in [0.2, 0.25) is 0 Å². The van der Waals surface area contributed by atoms with Crippen LogP contribution in [0.25, 0.3) is 0 Å². The van der Waals surface area contributed by atoms with Gasteiger partial charge in [0, 0.05) is 13.1 Å². The van der Waals surface area contributed by atoms with Crippen molar-refractivity contribution in [1.29, 1.82) is 0 Å². The Kier molecular flexibility index (Phi) is 7.36. The van der Waals surface area contributed by atoms with E-state index < -0.39 is 11.6 Å². The molecule has 0 unspecified atom stereocenters. The van der Waals surface area contributed by atoms with Crippen LogP contribution in [0.3, 0.4) is 0 Å². The van der Waals surface area contributed by atoms with Gasteiger partial charge in [0.25, 0.3) is 0 Å². The first-order valence-corrected chi connectivity index (χ1v) is 12.2. The average molecular weight is 444 g/mol. The lowest BCUT2D eigenvalue weighted by atomic mass is 9.80. The molecule has 176 valence electrons. The second kappa shape index (κ2) is 10.2. The first kappa shape index (κ1) is 23.1. The highest BCUT2D eigenvalue weighted by molar-refractivity contribution is 5.82. The van der Waals surface area contributed by atoms with Crippen molar-refractivity contribution in [2.45, 2.75) is 82.1 Å². The minimum Gasteiger partial charge on any atom is -0.376 e. The molecule has 3 aliphatic rings. The van der Waals surface area contributed by atoms with E-state index in [1.807, 2.05) is 11.8 Å². The number of benzene rings is 1. The summed E-state index contributed by atoms with van der Waals surface area (Å²) in [4.78, 5) is 27.2. The molecule has 4 rings (SSSR count). The lowest BCUT2D eigenvalue weighted by molar-refractivity contribution is -0.153. The quantitative estimate of drug-likeness (QED) is 0.733. The molecule has 3 atom stereocenters. The van der Waals surface area contributed by atoms with Gasteiger partial charge in [0.05, 0.1) is 30.9 Å². The average Bonchev–Trinajstić information content (AvgIpc) is 2.82. The molecule has 1 aromatic rings. The molecule has 0 bridgehead atoms. The Hall–Kier alpha value is -2.12. The zero-order chi connectivity index (χ0) is 22.6. The Balaban J connectivity index is 1.42. The smallest absolute Gasteiger partial charge is 0.317 e. The highest BCUT2D eigenvalue weighted by Crippen LogP contribution is 2.36. The summed E-state index contributed by atoms with van der Waals surface area (Å²) in [5.41, 5.74) is 0.824. The van der Waals surface area contributed by atoms with Gasteiger partial charge in [0.15, 0.2) is 0 Å². The van der Waals surface area contributed by atoms with E-state index in [-0.39, 0.29) is 24.1 Å². The molecular weight excluding hydrogens is 406 g/mol. The van der Waals surface area contributed by atoms with Crippen molar-refractivity contribution in [3.8, 4) is 0 Å². The molecule has 2 N–H and O–H groups in total. The van der Waals surface area contributed by atoms with Gasteiger partial charge < -0.3 is 25.0 Å². The summed E-state index contributed by atoms with van der Waals surface area (Å²) in [5, 5.41) is 6.14. The van der Waals surface area contributed by atoms with Gasteiger partial charge in [-0.3, -0.25) is 4.79 Å². The predicted octanol–water partition coefficient (Wildman–Crippen LogP) is 3.20. The molecule has 1 aliphatic carbocycles. The van der Waals surface area contributed by atoms with Crippen molar-refractivity contribution in [1.82, 2.24) is 15.5 Å². The third kappa shape index (κ3) is 4.94. The van der Waals surface area contributed by atoms with Crippen LogP contribution in [0.4, 0.5) is 4.79 Å². The van der Waals surface area contributed by atoms with Gasteiger partial charge in [0.2, 0.25) is 5.91 Å². The van der Waals surface area contributed by atoms with E-state index in [0.29, 0.717) is 32.2 Å². The minimum absolute atomic E-state index is 0.0965. The van der Waals surface area contributed by atoms with E-state index in [2.05, 4.69) is 41.0 Å². The summed E-state index contributed by atoms with van der Waals surface area (Å²) < 4.78 is 12.3. The molecule has 32 heavy (non-hydrogen) atoms. The summed E-state index contributed by atoms with van der Waals surface area (Å²) in [7, 11) is 0. The number of nitrogens with one attached hydrogen (secondary N) is 2. The highest BCUT2D eigenvalue weighted by Gasteiger charge is 2.50. The number of ether oxygens (including phenoxy) is 2. The minimum atomic E-state index is -0.589. The number of carbonyl (C=O) groups excluding carboxylic acids is 2. The molecule has 2 aliphatic heterocycles. The largest absolute Gasteiger partial charge is 0.376 e. The van der Waals surface area contributed by atoms with Gasteiger partial charge in [-0.2, -0.15) is 0 Å². The Bertz CT molecular complexity index is 781. The van der Waals surface area contributed by atoms with Crippen molar-refractivity contribution in [2.24, 2.45) is 0 Å². The summed E-state index contributed by atoms with van der Waals surface area (Å²) in [6, 6.07) is 10.4. The molecule has 3 amide bonds. The van der Waals surface area contributed by atoms with Crippen LogP contribution in [-0.2, 0) is 14.3 Å². The van der Waals surface area contributed by atoms with Crippen molar-refractivity contribution < 1.29 is 19.1 Å². The van der Waals surface area contributed by atoms with E-state index in [4.69, 9.17) is 9.47 Å². The van der Waals surface area contributed by atoms with Crippen molar-refractivity contribution in [3.05, 3.63) is 35.9 Å². The number of piperidine rings is 1. The number of carbonyl (C=O) groups is 2. The van der Waals surface area contributed by atoms with E-state index >= 15 is 0 Å². The van der Waals surface area contributed by atoms with Crippen LogP contribution in [-0.4, -0.2) is 66.9 Å². The first-order chi connectivity index (χ1) is 15.5. The molecule has 1 saturated carbocycles. The molecule has 3 fully saturated rings. The normalized spacial score (nSPS) is 33.1. The molecule has 7 nitrogen and oxygen atoms in total. The van der Waals surface area contributed by atoms with Crippen molar-refractivity contribution in [3.63, 3.8) is 0 Å². The Labute approximate surface area is 191 Å². The molecule has 2 saturated heterocycles. The highest BCUT2D eigenvalue weighted by atomic mass is 16.5. The van der Waals surface area contributed by atoms with Crippen LogP contribution < -0.4 is 10.6 Å². The maximum absolute atomic E-state index is 12.8. The number of likely N-dealkylation sites (tertiary alicyclic amines) is 1. The van der Waals surface area contributed by atoms with Gasteiger partial charge in [-0.15, -0.1) is 0 Å². The SMILES string of the molecule is CCNC(=O)N1CCC[C@]2(CO[C@@H](C)C(=O)N2)[C@H]1COC1CCC(c2ccccc2)CC1. The number of rotatable bonds is 5. The predicted molar refractivity (Wildman–Crippen MR) is 122 cm³/mol. The van der Waals surface area contributed by atoms with Gasteiger partial charge >= 0.3 is 6.03 Å². The van der Waals surface area contributed by atoms with Crippen LogP contribution >= 0.6 is 0 Å². The summed E-state index contributed by atoms with van der Waals surface area (Å²) in [5.74, 6) is 0.485. The fourth-order valence-electron chi connectivity index (χ4n) is 5.49. The van der Waals surface area contributed by atoms with E-state index in [0.717, 1.165) is 38.5 Å². The third-order valence-corrected chi connectivity index (χ3v) is 7.39. The number of urea groups is 1. The number of nitrogens with zero attached hydrogens (tertiary/aromatic N) is 1. The third-order valence-electron chi connectivity index (χ3n) is 7.39. The monoisotopic (exact) mass is 443 g/mol. The summed E-state index contributed by atoms with van der Waals surface area (Å²) in [6.45, 7) is 5.73. The molecule has 0 aromatic heterocycles. The Morgan fingerprint density at radius 3 is 2.69 bits per heavy atom. The molecule has 1 spiro atoms. The Morgan fingerprint density at radius 1 is 1.25 bits per heavy atom. The summed E-state index contributed by atoms with van der Waals surface area (Å²) in [6.07, 6.45) is 5.59. The second-order valence-corrected chi connectivity index (χ2v) is 9.46. The molecule has 0 radical (unpaired) electrons. The molecule has 1 aromatic carbocycles. The number of hydrogen-bond acceptors (Lipinski definition) is 4. The van der Waals surface area contributed by atoms with Crippen LogP contribution in [0.15, 0.2) is 30.3 Å². The van der Waals surface area contributed by atoms with Crippen LogP contribution in [0.5, 0.6) is 0 Å². The summed E-state index contributed by atoms with van der Waals surface area (Å²) >= 11 is 0. The molecular formula is C25H37N3O4. The van der Waals surface area contributed by atoms with E-state index in [1.165, 1.54) is 5.56 Å². The lowest BCUT2D eigenvalue weighted by Gasteiger charge is -2.52. The number of amides is 3. The van der Waals surface area contributed by atoms with Gasteiger partial charge in [0.1, 0.15) is 6.10 Å². The molecule has 2 heterocycles. The fourth-order valence-corrected chi connectivity index (χ4v) is 5.49.